The highest BCUT2D eigenvalue weighted by molar-refractivity contribution is 5.72. The fraction of sp³-hybridized carbons (Fsp3) is 0.409. The molecule has 0 spiro atoms. The molecule has 15 heteroatoms. The smallest absolute Gasteiger partial charge is 0.395 e. The Hall–Kier alpha value is -3.62. The van der Waals surface area contributed by atoms with Crippen LogP contribution in [0.5, 0.6) is 0 Å². The van der Waals surface area contributed by atoms with Gasteiger partial charge in [0.2, 0.25) is 0 Å². The largest absolute Gasteiger partial charge is 0.435 e. The summed E-state index contributed by atoms with van der Waals surface area (Å²) in [5.74, 6) is -1.51. The molecule has 8 nitrogen and oxygen atoms in total. The van der Waals surface area contributed by atoms with Crippen molar-refractivity contribution in [2.75, 3.05) is 31.6 Å². The van der Waals surface area contributed by atoms with E-state index in [2.05, 4.69) is 15.4 Å². The molecule has 2 aromatic heterocycles. The number of aliphatic hydroxyl groups is 1. The molecule has 37 heavy (non-hydrogen) atoms. The van der Waals surface area contributed by atoms with Gasteiger partial charge in [-0.3, -0.25) is 0 Å². The Labute approximate surface area is 204 Å². The molecule has 200 valence electrons. The van der Waals surface area contributed by atoms with E-state index in [0.29, 0.717) is 28.6 Å². The van der Waals surface area contributed by atoms with Crippen LogP contribution >= 0.6 is 0 Å². The Balaban J connectivity index is 1.79. The Kier molecular flexibility index (Phi) is 6.69. The van der Waals surface area contributed by atoms with E-state index in [9.17, 15) is 40.6 Å². The lowest BCUT2D eigenvalue weighted by atomic mass is 9.70. The number of hydrogen-bond acceptors (Lipinski definition) is 5. The molecule has 1 aliphatic rings. The number of likely N-dealkylation sites (tertiary alicyclic amines) is 1. The molecule has 0 aliphatic carbocycles. The number of amides is 2. The van der Waals surface area contributed by atoms with Crippen LogP contribution in [0.1, 0.15) is 23.4 Å². The Morgan fingerprint density at radius 3 is 2.27 bits per heavy atom. The first-order chi connectivity index (χ1) is 17.2. The van der Waals surface area contributed by atoms with Gasteiger partial charge in [0, 0.05) is 37.2 Å². The molecule has 1 fully saturated rings. The third-order valence-electron chi connectivity index (χ3n) is 6.58. The summed E-state index contributed by atoms with van der Waals surface area (Å²) in [6.07, 6.45) is -9.56. The van der Waals surface area contributed by atoms with Crippen LogP contribution in [0.2, 0.25) is 0 Å². The van der Waals surface area contributed by atoms with E-state index in [1.54, 1.807) is 0 Å². The SMILES string of the molecule is NC(=O)N1CCC(C(CO)(CNc2cc(C(F)(F)F)nc3cc(C(F)(F)F)nn23)c2ccc(F)cc2)C1. The molecule has 1 saturated heterocycles. The molecular formula is C22H21F7N6O2. The number of nitrogens with two attached hydrogens (primary N) is 1. The minimum atomic E-state index is -4.97. The number of anilines is 1. The number of aliphatic hydroxyl groups excluding tert-OH is 1. The predicted molar refractivity (Wildman–Crippen MR) is 116 cm³/mol. The van der Waals surface area contributed by atoms with Crippen molar-refractivity contribution in [2.45, 2.75) is 24.2 Å². The second-order valence-corrected chi connectivity index (χ2v) is 8.77. The van der Waals surface area contributed by atoms with Crippen LogP contribution in [-0.4, -0.2) is 56.9 Å². The number of alkyl halides is 6. The maximum Gasteiger partial charge on any atom is 0.435 e. The first kappa shape index (κ1) is 26.4. The molecule has 2 unspecified atom stereocenters. The number of primary amides is 1. The summed E-state index contributed by atoms with van der Waals surface area (Å²) in [6.45, 7) is -0.552. The molecular weight excluding hydrogens is 513 g/mol. The number of rotatable bonds is 6. The highest BCUT2D eigenvalue weighted by Crippen LogP contribution is 2.39. The van der Waals surface area contributed by atoms with Crippen molar-refractivity contribution in [3.8, 4) is 0 Å². The van der Waals surface area contributed by atoms with E-state index in [1.165, 1.54) is 17.0 Å². The molecule has 4 N–H and O–H groups in total. The maximum absolute atomic E-state index is 13.6. The van der Waals surface area contributed by atoms with Gasteiger partial charge in [-0.15, -0.1) is 0 Å². The van der Waals surface area contributed by atoms with Gasteiger partial charge in [0.05, 0.1) is 6.61 Å². The zero-order valence-corrected chi connectivity index (χ0v) is 18.9. The van der Waals surface area contributed by atoms with Crippen molar-refractivity contribution in [2.24, 2.45) is 11.7 Å². The second-order valence-electron chi connectivity index (χ2n) is 8.77. The molecule has 3 heterocycles. The van der Waals surface area contributed by atoms with Crippen molar-refractivity contribution in [1.29, 1.82) is 0 Å². The van der Waals surface area contributed by atoms with Crippen molar-refractivity contribution < 1.29 is 40.6 Å². The fourth-order valence-electron chi connectivity index (χ4n) is 4.58. The number of benzene rings is 1. The van der Waals surface area contributed by atoms with E-state index in [0.717, 1.165) is 12.1 Å². The van der Waals surface area contributed by atoms with Gasteiger partial charge in [0.1, 0.15) is 11.6 Å². The van der Waals surface area contributed by atoms with E-state index in [-0.39, 0.29) is 19.6 Å². The summed E-state index contributed by atoms with van der Waals surface area (Å²) in [5.41, 5.74) is 0.897. The molecule has 0 bridgehead atoms. The summed E-state index contributed by atoms with van der Waals surface area (Å²) in [7, 11) is 0. The average molecular weight is 534 g/mol. The molecule has 4 rings (SSSR count). The molecule has 1 aliphatic heterocycles. The summed E-state index contributed by atoms with van der Waals surface area (Å²) in [6, 6.07) is 5.24. The standard InChI is InChI=1S/C22H21F7N6O2/c23-14-3-1-12(2-4-14)20(11-36,13-5-6-34(9-13)19(30)37)10-31-17-7-15(21(24,25)26)32-18-8-16(22(27,28)29)33-35(17)18/h1-4,7-8,13,31,36H,5-6,9-11H2,(H2,30,37). The van der Waals surface area contributed by atoms with E-state index in [1.807, 2.05) is 0 Å². The van der Waals surface area contributed by atoms with Gasteiger partial charge < -0.3 is 21.1 Å². The van der Waals surface area contributed by atoms with Crippen LogP contribution in [-0.2, 0) is 17.8 Å². The highest BCUT2D eigenvalue weighted by atomic mass is 19.4. The number of carbonyl (C=O) groups excluding carboxylic acids is 1. The number of aromatic nitrogens is 3. The van der Waals surface area contributed by atoms with Gasteiger partial charge >= 0.3 is 18.4 Å². The van der Waals surface area contributed by atoms with Crippen LogP contribution < -0.4 is 11.1 Å². The zero-order chi connectivity index (χ0) is 27.2. The quantitative estimate of drug-likeness (QED) is 0.419. The molecule has 2 amide bonds. The van der Waals surface area contributed by atoms with Gasteiger partial charge in [-0.25, -0.2) is 14.2 Å². The van der Waals surface area contributed by atoms with Crippen LogP contribution in [0, 0.1) is 11.7 Å². The van der Waals surface area contributed by atoms with Gasteiger partial charge in [-0.05, 0) is 30.0 Å². The third kappa shape index (κ3) is 5.12. The first-order valence-electron chi connectivity index (χ1n) is 10.9. The summed E-state index contributed by atoms with van der Waals surface area (Å²) in [4.78, 5) is 16.3. The lowest BCUT2D eigenvalue weighted by Gasteiger charge is -2.38. The van der Waals surface area contributed by atoms with Crippen molar-refractivity contribution in [3.63, 3.8) is 0 Å². The number of hydrogen-bond donors (Lipinski definition) is 3. The topological polar surface area (TPSA) is 109 Å². The van der Waals surface area contributed by atoms with Crippen LogP contribution in [0.4, 0.5) is 41.3 Å². The van der Waals surface area contributed by atoms with Gasteiger partial charge in [0.15, 0.2) is 17.0 Å². The number of urea groups is 1. The molecule has 0 saturated carbocycles. The van der Waals surface area contributed by atoms with Crippen LogP contribution in [0.3, 0.4) is 0 Å². The monoisotopic (exact) mass is 534 g/mol. The van der Waals surface area contributed by atoms with Crippen molar-refractivity contribution in [3.05, 3.63) is 59.2 Å². The van der Waals surface area contributed by atoms with E-state index >= 15 is 0 Å². The van der Waals surface area contributed by atoms with Gasteiger partial charge in [-0.1, -0.05) is 12.1 Å². The number of fused-ring (bicyclic) bond motifs is 1. The van der Waals surface area contributed by atoms with E-state index in [4.69, 9.17) is 5.73 Å². The lowest BCUT2D eigenvalue weighted by molar-refractivity contribution is -0.142. The van der Waals surface area contributed by atoms with Gasteiger partial charge in [-0.2, -0.15) is 36.0 Å². The highest BCUT2D eigenvalue weighted by Gasteiger charge is 2.45. The molecule has 0 radical (unpaired) electrons. The molecule has 2 atom stereocenters. The Bertz CT molecular complexity index is 1290. The van der Waals surface area contributed by atoms with Crippen LogP contribution in [0.25, 0.3) is 5.65 Å². The molecule has 1 aromatic carbocycles. The zero-order valence-electron chi connectivity index (χ0n) is 18.9. The number of nitrogens with zero attached hydrogens (tertiary/aromatic N) is 4. The number of nitrogens with one attached hydrogen (secondary N) is 1. The Morgan fingerprint density at radius 1 is 1.08 bits per heavy atom. The minimum absolute atomic E-state index is 0.0918. The number of carbonyl (C=O) groups is 1. The fourth-order valence-corrected chi connectivity index (χ4v) is 4.58. The van der Waals surface area contributed by atoms with Gasteiger partial charge in [0.25, 0.3) is 0 Å². The average Bonchev–Trinajstić information content (AvgIpc) is 3.48. The predicted octanol–water partition coefficient (Wildman–Crippen LogP) is 3.65. The van der Waals surface area contributed by atoms with Crippen molar-refractivity contribution >= 4 is 17.5 Å². The maximum atomic E-state index is 13.6. The first-order valence-corrected chi connectivity index (χ1v) is 10.9. The normalized spacial score (nSPS) is 18.3. The van der Waals surface area contributed by atoms with Crippen LogP contribution in [0.15, 0.2) is 36.4 Å². The number of halogens is 7. The van der Waals surface area contributed by atoms with Crippen molar-refractivity contribution in [1.82, 2.24) is 19.5 Å². The summed E-state index contributed by atoms with van der Waals surface area (Å²) < 4.78 is 94.4. The summed E-state index contributed by atoms with van der Waals surface area (Å²) in [5, 5.41) is 16.6. The lowest BCUT2D eigenvalue weighted by Crippen LogP contribution is -2.47. The Morgan fingerprint density at radius 2 is 1.73 bits per heavy atom. The third-order valence-corrected chi connectivity index (χ3v) is 6.58. The summed E-state index contributed by atoms with van der Waals surface area (Å²) >= 11 is 0. The second kappa shape index (κ2) is 9.36. The van der Waals surface area contributed by atoms with E-state index < -0.39 is 65.0 Å². The minimum Gasteiger partial charge on any atom is -0.395 e. The molecule has 3 aromatic rings.